The molecule has 0 spiro atoms. The van der Waals surface area contributed by atoms with E-state index in [4.69, 9.17) is 4.98 Å². The summed E-state index contributed by atoms with van der Waals surface area (Å²) in [6.45, 7) is 12.2. The number of hydrogen-bond donors (Lipinski definition) is 1. The van der Waals surface area contributed by atoms with Gasteiger partial charge in [-0.1, -0.05) is 13.8 Å². The summed E-state index contributed by atoms with van der Waals surface area (Å²) in [5.74, 6) is 2.19. The van der Waals surface area contributed by atoms with Crippen molar-refractivity contribution in [2.45, 2.75) is 53.1 Å². The van der Waals surface area contributed by atoms with Crippen LogP contribution in [0, 0.1) is 12.3 Å². The number of fused-ring (bicyclic) bond motifs is 1. The van der Waals surface area contributed by atoms with Crippen molar-refractivity contribution in [1.82, 2.24) is 39.3 Å². The second-order valence-electron chi connectivity index (χ2n) is 9.79. The second kappa shape index (κ2) is 8.24. The number of carbonyl (C=O) groups excluding carboxylic acids is 1. The van der Waals surface area contributed by atoms with Crippen molar-refractivity contribution < 1.29 is 4.79 Å². The average molecular weight is 450 g/mol. The predicted octanol–water partition coefficient (Wildman–Crippen LogP) is 2.95. The van der Waals surface area contributed by atoms with Crippen molar-refractivity contribution in [3.63, 3.8) is 0 Å². The molecule has 1 N–H and O–H groups in total. The number of nitrogens with one attached hydrogen (secondary N) is 1. The Morgan fingerprint density at radius 1 is 1.15 bits per heavy atom. The maximum Gasteiger partial charge on any atom is 0.320 e. The van der Waals surface area contributed by atoms with E-state index in [9.17, 15) is 4.79 Å². The lowest BCUT2D eigenvalue weighted by Gasteiger charge is -2.26. The highest BCUT2D eigenvalue weighted by Crippen LogP contribution is 2.31. The zero-order chi connectivity index (χ0) is 23.2. The lowest BCUT2D eigenvalue weighted by atomic mass is 9.93. The number of imidazole rings is 1. The number of nitrogens with zero attached hydrogens (tertiary/aromatic N) is 8. The molecular weight excluding hydrogens is 418 g/mol. The fourth-order valence-electron chi connectivity index (χ4n) is 4.79. The zero-order valence-electron chi connectivity index (χ0n) is 19.7. The van der Waals surface area contributed by atoms with Crippen molar-refractivity contribution >= 4 is 23.0 Å². The van der Waals surface area contributed by atoms with Crippen molar-refractivity contribution in [3.05, 3.63) is 24.5 Å². The van der Waals surface area contributed by atoms with Crippen LogP contribution in [0.15, 0.2) is 18.7 Å². The first-order chi connectivity index (χ1) is 15.8. The monoisotopic (exact) mass is 449 g/mol. The molecule has 1 atom stereocenters. The van der Waals surface area contributed by atoms with E-state index >= 15 is 0 Å². The molecule has 0 aliphatic carbocycles. The Kier molecular flexibility index (Phi) is 5.38. The summed E-state index contributed by atoms with van der Waals surface area (Å²) in [4.78, 5) is 39.4. The predicted molar refractivity (Wildman–Crippen MR) is 126 cm³/mol. The average Bonchev–Trinajstić information content (AvgIpc) is 3.50. The highest BCUT2D eigenvalue weighted by molar-refractivity contribution is 5.86. The van der Waals surface area contributed by atoms with Gasteiger partial charge in [-0.3, -0.25) is 0 Å². The number of aromatic nitrogens is 6. The third-order valence-electron chi connectivity index (χ3n) is 6.63. The molecule has 33 heavy (non-hydrogen) atoms. The molecule has 174 valence electrons. The Labute approximate surface area is 193 Å². The van der Waals surface area contributed by atoms with Crippen LogP contribution in [0.25, 0.3) is 22.6 Å². The number of hydrogen-bond acceptors (Lipinski definition) is 7. The second-order valence-corrected chi connectivity index (χ2v) is 9.79. The topological polar surface area (TPSA) is 105 Å². The molecule has 5 heterocycles. The van der Waals surface area contributed by atoms with Gasteiger partial charge in [0.05, 0.1) is 5.56 Å². The lowest BCUT2D eigenvalue weighted by molar-refractivity contribution is 0.168. The van der Waals surface area contributed by atoms with Gasteiger partial charge in [0.25, 0.3) is 0 Å². The van der Waals surface area contributed by atoms with E-state index in [1.807, 2.05) is 16.7 Å². The van der Waals surface area contributed by atoms with Gasteiger partial charge in [0.2, 0.25) is 0 Å². The van der Waals surface area contributed by atoms with Gasteiger partial charge in [0, 0.05) is 51.2 Å². The van der Waals surface area contributed by atoms with E-state index in [0.29, 0.717) is 18.9 Å². The zero-order valence-corrected chi connectivity index (χ0v) is 19.7. The van der Waals surface area contributed by atoms with Crippen LogP contribution in [-0.2, 0) is 6.54 Å². The van der Waals surface area contributed by atoms with Gasteiger partial charge in [-0.05, 0) is 32.1 Å². The fraction of sp³-hybridized carbons (Fsp3) is 0.565. The summed E-state index contributed by atoms with van der Waals surface area (Å²) in [6, 6.07) is 0.273. The van der Waals surface area contributed by atoms with Gasteiger partial charge < -0.3 is 19.7 Å². The van der Waals surface area contributed by atoms with Crippen molar-refractivity contribution in [2.75, 3.05) is 31.5 Å². The smallest absolute Gasteiger partial charge is 0.320 e. The first kappa shape index (κ1) is 21.5. The third-order valence-corrected chi connectivity index (χ3v) is 6.63. The molecule has 2 saturated heterocycles. The number of aryl methyl sites for hydroxylation is 2. The Bertz CT molecular complexity index is 1170. The lowest BCUT2D eigenvalue weighted by Crippen LogP contribution is -2.42. The molecule has 0 aromatic carbocycles. The minimum atomic E-state index is 0.126. The molecule has 1 unspecified atom stereocenters. The first-order valence-electron chi connectivity index (χ1n) is 11.7. The van der Waals surface area contributed by atoms with Gasteiger partial charge >= 0.3 is 6.03 Å². The molecule has 5 rings (SSSR count). The number of anilines is 1. The van der Waals surface area contributed by atoms with Gasteiger partial charge in [0.1, 0.15) is 18.0 Å². The largest absolute Gasteiger partial charge is 0.364 e. The number of urea groups is 1. The molecule has 3 aromatic heterocycles. The number of likely N-dealkylation sites (tertiary alicyclic amines) is 2. The summed E-state index contributed by atoms with van der Waals surface area (Å²) < 4.78 is 2.05. The van der Waals surface area contributed by atoms with Crippen LogP contribution in [0.3, 0.4) is 0 Å². The van der Waals surface area contributed by atoms with Gasteiger partial charge in [-0.25, -0.2) is 29.7 Å². The van der Waals surface area contributed by atoms with Crippen LogP contribution in [0.5, 0.6) is 0 Å². The Balaban J connectivity index is 1.35. The van der Waals surface area contributed by atoms with Crippen molar-refractivity contribution in [2.24, 2.45) is 5.41 Å². The minimum Gasteiger partial charge on any atom is -0.364 e. The first-order valence-corrected chi connectivity index (χ1v) is 11.7. The molecular formula is C23H31N9O. The van der Waals surface area contributed by atoms with Crippen LogP contribution in [0.2, 0.25) is 0 Å². The van der Waals surface area contributed by atoms with Gasteiger partial charge in [0.15, 0.2) is 17.0 Å². The molecule has 10 nitrogen and oxygen atoms in total. The van der Waals surface area contributed by atoms with Crippen LogP contribution < -0.4 is 5.32 Å². The van der Waals surface area contributed by atoms with E-state index < -0.39 is 0 Å². The highest BCUT2D eigenvalue weighted by atomic mass is 16.2. The summed E-state index contributed by atoms with van der Waals surface area (Å²) in [5.41, 5.74) is 2.55. The molecule has 3 aromatic rings. The van der Waals surface area contributed by atoms with E-state index in [2.05, 4.69) is 50.6 Å². The number of carbonyl (C=O) groups is 1. The quantitative estimate of drug-likeness (QED) is 0.653. The van der Waals surface area contributed by atoms with Crippen LogP contribution in [0.4, 0.5) is 10.6 Å². The molecule has 2 aliphatic heterocycles. The van der Waals surface area contributed by atoms with Gasteiger partial charge in [-0.15, -0.1) is 0 Å². The molecule has 0 saturated carbocycles. The molecule has 2 aliphatic rings. The highest BCUT2D eigenvalue weighted by Gasteiger charge is 2.36. The maximum absolute atomic E-state index is 13.0. The Morgan fingerprint density at radius 3 is 2.64 bits per heavy atom. The maximum atomic E-state index is 13.0. The summed E-state index contributed by atoms with van der Waals surface area (Å²) in [7, 11) is 0. The normalized spacial score (nSPS) is 20.1. The van der Waals surface area contributed by atoms with Crippen molar-refractivity contribution in [3.8, 4) is 11.4 Å². The molecule has 0 radical (unpaired) electrons. The van der Waals surface area contributed by atoms with Crippen LogP contribution >= 0.6 is 0 Å². The number of amides is 2. The molecule has 2 fully saturated rings. The molecule has 0 bridgehead atoms. The summed E-state index contributed by atoms with van der Waals surface area (Å²) >= 11 is 0. The van der Waals surface area contributed by atoms with E-state index in [1.165, 1.54) is 0 Å². The molecule has 10 heteroatoms. The third kappa shape index (κ3) is 4.09. The Morgan fingerprint density at radius 2 is 1.94 bits per heavy atom. The van der Waals surface area contributed by atoms with E-state index in [-0.39, 0.29) is 17.5 Å². The summed E-state index contributed by atoms with van der Waals surface area (Å²) in [6.07, 6.45) is 7.08. The fourth-order valence-corrected chi connectivity index (χ4v) is 4.79. The van der Waals surface area contributed by atoms with E-state index in [0.717, 1.165) is 60.9 Å². The van der Waals surface area contributed by atoms with Crippen LogP contribution in [-0.4, -0.2) is 77.5 Å². The van der Waals surface area contributed by atoms with E-state index in [1.54, 1.807) is 18.7 Å². The molecule has 2 amide bonds. The number of rotatable bonds is 4. The SMILES string of the molecule is CCn1c(-c2cnc(C)nc2)nc2c(NC3CCN(C(=O)N4CCC(C)(C)C4)C3)ncnc21. The standard InChI is InChI=1S/C23H31N9O/c1-5-32-20(16-10-24-15(2)25-11-16)29-18-19(26-14-27-21(18)32)28-17-6-8-30(12-17)22(33)31-9-7-23(3,4)13-31/h10-11,14,17H,5-9,12-13H2,1-4H3,(H,26,27,28). The van der Waals surface area contributed by atoms with Crippen LogP contribution in [0.1, 0.15) is 39.4 Å². The van der Waals surface area contributed by atoms with Gasteiger partial charge in [-0.2, -0.15) is 0 Å². The summed E-state index contributed by atoms with van der Waals surface area (Å²) in [5, 5.41) is 3.53. The Hall–Kier alpha value is -3.30. The minimum absolute atomic E-state index is 0.126. The van der Waals surface area contributed by atoms with Crippen molar-refractivity contribution in [1.29, 1.82) is 0 Å².